The highest BCUT2D eigenvalue weighted by Crippen LogP contribution is 2.57. The molecule has 2 amide bonds. The first kappa shape index (κ1) is 18.2. The molecule has 4 rings (SSSR count). The van der Waals surface area contributed by atoms with Gasteiger partial charge in [-0.15, -0.1) is 0 Å². The number of rotatable bonds is 6. The molecule has 1 aromatic rings. The van der Waals surface area contributed by atoms with Gasteiger partial charge in [0.15, 0.2) is 0 Å². The van der Waals surface area contributed by atoms with Gasteiger partial charge in [0.2, 0.25) is 11.8 Å². The van der Waals surface area contributed by atoms with E-state index in [1.54, 1.807) is 24.3 Å². The van der Waals surface area contributed by atoms with E-state index in [4.69, 9.17) is 4.74 Å². The SMILES string of the molecule is CN(C)CCCN1C(=O)[C@@H]2[C@H]3C[C@@H]([C@@H]2C1=O)[C@H](OC(=O)c1ccccc1)C3. The Morgan fingerprint density at radius 3 is 2.52 bits per heavy atom. The fourth-order valence-corrected chi connectivity index (χ4v) is 5.14. The number of carbonyl (C=O) groups is 3. The first-order valence-electron chi connectivity index (χ1n) is 9.73. The van der Waals surface area contributed by atoms with Gasteiger partial charge in [0, 0.05) is 12.5 Å². The van der Waals surface area contributed by atoms with Crippen molar-refractivity contribution in [3.63, 3.8) is 0 Å². The summed E-state index contributed by atoms with van der Waals surface area (Å²) in [4.78, 5) is 41.6. The molecule has 3 fully saturated rings. The van der Waals surface area contributed by atoms with E-state index < -0.39 is 0 Å². The van der Waals surface area contributed by atoms with Gasteiger partial charge in [-0.3, -0.25) is 14.5 Å². The second-order valence-corrected chi connectivity index (χ2v) is 8.24. The molecule has 144 valence electrons. The van der Waals surface area contributed by atoms with Gasteiger partial charge in [-0.25, -0.2) is 4.79 Å². The molecular weight excluding hydrogens is 344 g/mol. The maximum absolute atomic E-state index is 12.9. The van der Waals surface area contributed by atoms with Gasteiger partial charge in [0.05, 0.1) is 17.4 Å². The van der Waals surface area contributed by atoms with Crippen LogP contribution >= 0.6 is 0 Å². The largest absolute Gasteiger partial charge is 0.458 e. The zero-order valence-electron chi connectivity index (χ0n) is 15.8. The van der Waals surface area contributed by atoms with Gasteiger partial charge in [-0.1, -0.05) is 18.2 Å². The number of amides is 2. The third kappa shape index (κ3) is 3.16. The van der Waals surface area contributed by atoms with Crippen molar-refractivity contribution in [1.29, 1.82) is 0 Å². The minimum atomic E-state index is -0.343. The fraction of sp³-hybridized carbons (Fsp3) is 0.571. The highest BCUT2D eigenvalue weighted by Gasteiger charge is 2.64. The van der Waals surface area contributed by atoms with Crippen molar-refractivity contribution < 1.29 is 19.1 Å². The zero-order chi connectivity index (χ0) is 19.1. The summed E-state index contributed by atoms with van der Waals surface area (Å²) in [6.45, 7) is 1.33. The number of nitrogens with zero attached hydrogens (tertiary/aromatic N) is 2. The number of likely N-dealkylation sites (tertiary alicyclic amines) is 1. The molecule has 0 unspecified atom stereocenters. The van der Waals surface area contributed by atoms with E-state index in [2.05, 4.69) is 4.90 Å². The van der Waals surface area contributed by atoms with Crippen LogP contribution in [0.1, 0.15) is 29.6 Å². The number of carbonyl (C=O) groups excluding carboxylic acids is 3. The van der Waals surface area contributed by atoms with Crippen LogP contribution in [0.5, 0.6) is 0 Å². The van der Waals surface area contributed by atoms with E-state index >= 15 is 0 Å². The predicted molar refractivity (Wildman–Crippen MR) is 98.7 cm³/mol. The number of fused-ring (bicyclic) bond motifs is 5. The number of hydrogen-bond acceptors (Lipinski definition) is 5. The molecule has 1 aromatic carbocycles. The average Bonchev–Trinajstić information content (AvgIpc) is 3.29. The van der Waals surface area contributed by atoms with E-state index in [9.17, 15) is 14.4 Å². The van der Waals surface area contributed by atoms with E-state index in [0.717, 1.165) is 19.4 Å². The highest BCUT2D eigenvalue weighted by atomic mass is 16.5. The molecule has 0 spiro atoms. The lowest BCUT2D eigenvalue weighted by atomic mass is 9.79. The van der Waals surface area contributed by atoms with E-state index in [1.165, 1.54) is 4.90 Å². The van der Waals surface area contributed by atoms with Crippen LogP contribution < -0.4 is 0 Å². The standard InChI is InChI=1S/C21H26N2O4/c1-22(2)9-6-10-23-19(24)17-14-11-15(18(17)20(23)25)16(12-14)27-21(26)13-7-4-3-5-8-13/h3-5,7-8,14-18H,6,9-12H2,1-2H3/t14-,15+,16+,17+,18-/m0/s1. The van der Waals surface area contributed by atoms with Crippen molar-refractivity contribution >= 4 is 17.8 Å². The summed E-state index contributed by atoms with van der Waals surface area (Å²) in [5.41, 5.74) is 0.524. The van der Waals surface area contributed by atoms with Gasteiger partial charge < -0.3 is 9.64 Å². The molecule has 0 aromatic heterocycles. The van der Waals surface area contributed by atoms with E-state index in [1.807, 2.05) is 20.2 Å². The molecule has 2 aliphatic carbocycles. The van der Waals surface area contributed by atoms with Crippen LogP contribution in [0.2, 0.25) is 0 Å². The van der Waals surface area contributed by atoms with Crippen LogP contribution in [0.25, 0.3) is 0 Å². The molecule has 1 saturated heterocycles. The summed E-state index contributed by atoms with van der Waals surface area (Å²) in [5, 5.41) is 0. The van der Waals surface area contributed by atoms with Gasteiger partial charge in [-0.05, 0) is 58.0 Å². The summed E-state index contributed by atoms with van der Waals surface area (Å²) in [6.07, 6.45) is 2.02. The summed E-state index contributed by atoms with van der Waals surface area (Å²) >= 11 is 0. The normalized spacial score (nSPS) is 31.7. The summed E-state index contributed by atoms with van der Waals surface area (Å²) < 4.78 is 5.74. The van der Waals surface area contributed by atoms with Crippen LogP contribution in [0.4, 0.5) is 0 Å². The number of benzene rings is 1. The van der Waals surface area contributed by atoms with Crippen LogP contribution in [0, 0.1) is 23.7 Å². The lowest BCUT2D eigenvalue weighted by molar-refractivity contribution is -0.141. The van der Waals surface area contributed by atoms with Crippen molar-refractivity contribution in [2.24, 2.45) is 23.7 Å². The number of imide groups is 1. The molecular formula is C21H26N2O4. The highest BCUT2D eigenvalue weighted by molar-refractivity contribution is 6.06. The predicted octanol–water partition coefficient (Wildman–Crippen LogP) is 1.80. The monoisotopic (exact) mass is 370 g/mol. The Bertz CT molecular complexity index is 748. The molecule has 6 nitrogen and oxygen atoms in total. The molecule has 0 N–H and O–H groups in total. The Hall–Kier alpha value is -2.21. The Morgan fingerprint density at radius 1 is 1.11 bits per heavy atom. The van der Waals surface area contributed by atoms with Crippen molar-refractivity contribution in [3.05, 3.63) is 35.9 Å². The Kier molecular flexibility index (Phi) is 4.76. The van der Waals surface area contributed by atoms with E-state index in [0.29, 0.717) is 18.5 Å². The maximum atomic E-state index is 12.9. The third-order valence-electron chi connectivity index (χ3n) is 6.30. The Morgan fingerprint density at radius 2 is 1.81 bits per heavy atom. The lowest BCUT2D eigenvalue weighted by Crippen LogP contribution is -2.37. The lowest BCUT2D eigenvalue weighted by Gasteiger charge is -2.28. The molecule has 2 bridgehead atoms. The van der Waals surface area contributed by atoms with Crippen LogP contribution in [-0.4, -0.2) is 60.9 Å². The third-order valence-corrected chi connectivity index (χ3v) is 6.30. The summed E-state index contributed by atoms with van der Waals surface area (Å²) in [7, 11) is 3.96. The first-order chi connectivity index (χ1) is 13.0. The second kappa shape index (κ2) is 7.08. The van der Waals surface area contributed by atoms with Gasteiger partial charge >= 0.3 is 5.97 Å². The molecule has 27 heavy (non-hydrogen) atoms. The second-order valence-electron chi connectivity index (χ2n) is 8.24. The summed E-state index contributed by atoms with van der Waals surface area (Å²) in [6, 6.07) is 8.92. The first-order valence-corrected chi connectivity index (χ1v) is 9.73. The minimum Gasteiger partial charge on any atom is -0.458 e. The average molecular weight is 370 g/mol. The molecule has 6 heteroatoms. The quantitative estimate of drug-likeness (QED) is 0.564. The van der Waals surface area contributed by atoms with E-state index in [-0.39, 0.29) is 47.6 Å². The van der Waals surface area contributed by atoms with Crippen molar-refractivity contribution in [2.75, 3.05) is 27.2 Å². The maximum Gasteiger partial charge on any atom is 0.338 e. The van der Waals surface area contributed by atoms with Crippen LogP contribution in [0.3, 0.4) is 0 Å². The number of ether oxygens (including phenoxy) is 1. The molecule has 5 atom stereocenters. The number of hydrogen-bond donors (Lipinski definition) is 0. The fourth-order valence-electron chi connectivity index (χ4n) is 5.14. The van der Waals surface area contributed by atoms with Gasteiger partial charge in [-0.2, -0.15) is 0 Å². The summed E-state index contributed by atoms with van der Waals surface area (Å²) in [5.74, 6) is -0.783. The van der Waals surface area contributed by atoms with Gasteiger partial charge in [0.1, 0.15) is 6.10 Å². The topological polar surface area (TPSA) is 66.9 Å². The Labute approximate surface area is 159 Å². The molecule has 1 heterocycles. The van der Waals surface area contributed by atoms with Crippen molar-refractivity contribution in [3.8, 4) is 0 Å². The zero-order valence-corrected chi connectivity index (χ0v) is 15.8. The van der Waals surface area contributed by atoms with Crippen LogP contribution in [-0.2, 0) is 14.3 Å². The molecule has 2 saturated carbocycles. The molecule has 1 aliphatic heterocycles. The van der Waals surface area contributed by atoms with Gasteiger partial charge in [0.25, 0.3) is 0 Å². The van der Waals surface area contributed by atoms with Crippen molar-refractivity contribution in [2.45, 2.75) is 25.4 Å². The smallest absolute Gasteiger partial charge is 0.338 e. The van der Waals surface area contributed by atoms with Crippen molar-refractivity contribution in [1.82, 2.24) is 9.80 Å². The molecule has 3 aliphatic rings. The minimum absolute atomic E-state index is 0.0101. The van der Waals surface area contributed by atoms with Crippen LogP contribution in [0.15, 0.2) is 30.3 Å². The number of esters is 1. The Balaban J connectivity index is 1.43. The molecule has 0 radical (unpaired) electrons.